The van der Waals surface area contributed by atoms with Crippen LogP contribution in [-0.2, 0) is 0 Å². The number of amides is 1. The Balaban J connectivity index is 2.10. The molecule has 0 spiro atoms. The average Bonchev–Trinajstić information content (AvgIpc) is 2.49. The van der Waals surface area contributed by atoms with Crippen LogP contribution in [0, 0.1) is 5.41 Å². The number of rotatable bonds is 3. The van der Waals surface area contributed by atoms with Gasteiger partial charge < -0.3 is 10.6 Å². The summed E-state index contributed by atoms with van der Waals surface area (Å²) >= 11 is 5.85. The minimum atomic E-state index is -0.0346. The first-order valence-corrected chi connectivity index (χ1v) is 7.59. The summed E-state index contributed by atoms with van der Waals surface area (Å²) in [6.45, 7) is 6.06. The Hall–Kier alpha value is -1.29. The number of carbonyl (C=O) groups excluding carboxylic acids is 1. The van der Waals surface area contributed by atoms with Crippen LogP contribution in [0.15, 0.2) is 12.3 Å². The Morgan fingerprint density at radius 2 is 2.00 bits per heavy atom. The second-order valence-electron chi connectivity index (χ2n) is 5.59. The summed E-state index contributed by atoms with van der Waals surface area (Å²) < 4.78 is 0. The van der Waals surface area contributed by atoms with Crippen molar-refractivity contribution in [3.8, 4) is 0 Å². The van der Waals surface area contributed by atoms with E-state index in [0.29, 0.717) is 21.8 Å². The van der Waals surface area contributed by atoms with Gasteiger partial charge in [-0.1, -0.05) is 38.3 Å². The number of hydrogen-bond acceptors (Lipinski definition) is 3. The first kappa shape index (κ1) is 15.1. The smallest absolute Gasteiger partial charge is 0.256 e. The van der Waals surface area contributed by atoms with Crippen LogP contribution in [0.2, 0.25) is 5.15 Å². The molecule has 1 aromatic rings. The van der Waals surface area contributed by atoms with Crippen molar-refractivity contribution in [3.63, 3.8) is 0 Å². The average molecular weight is 296 g/mol. The van der Waals surface area contributed by atoms with Gasteiger partial charge in [0.05, 0.1) is 17.4 Å². The minimum absolute atomic E-state index is 0.0346. The molecule has 2 N–H and O–H groups in total. The van der Waals surface area contributed by atoms with Gasteiger partial charge in [0.1, 0.15) is 5.15 Å². The Bertz CT molecular complexity index is 490. The molecule has 1 saturated heterocycles. The maximum Gasteiger partial charge on any atom is 0.256 e. The van der Waals surface area contributed by atoms with Gasteiger partial charge in [0, 0.05) is 13.1 Å². The van der Waals surface area contributed by atoms with Crippen LogP contribution in [0.5, 0.6) is 0 Å². The SMILES string of the molecule is CCC1(CC)CCN(C(=O)c2cc(Cl)ncc2N)CC1. The van der Waals surface area contributed by atoms with E-state index in [1.807, 2.05) is 4.90 Å². The summed E-state index contributed by atoms with van der Waals surface area (Å²) in [5.74, 6) is -0.0346. The molecule has 5 heteroatoms. The van der Waals surface area contributed by atoms with Gasteiger partial charge in [0.25, 0.3) is 5.91 Å². The van der Waals surface area contributed by atoms with Crippen molar-refractivity contribution in [2.75, 3.05) is 18.8 Å². The van der Waals surface area contributed by atoms with Crippen LogP contribution in [0.3, 0.4) is 0 Å². The molecule has 2 heterocycles. The molecule has 1 aromatic heterocycles. The van der Waals surface area contributed by atoms with Crippen LogP contribution in [0.4, 0.5) is 5.69 Å². The lowest BCUT2D eigenvalue weighted by Crippen LogP contribution is -2.43. The zero-order valence-corrected chi connectivity index (χ0v) is 12.9. The molecule has 2 rings (SSSR count). The lowest BCUT2D eigenvalue weighted by atomic mass is 9.74. The molecule has 0 unspecified atom stereocenters. The molecule has 4 nitrogen and oxygen atoms in total. The van der Waals surface area contributed by atoms with Crippen LogP contribution in [-0.4, -0.2) is 28.9 Å². The van der Waals surface area contributed by atoms with Gasteiger partial charge in [-0.05, 0) is 24.3 Å². The maximum absolute atomic E-state index is 12.5. The molecule has 1 amide bonds. The highest BCUT2D eigenvalue weighted by Gasteiger charge is 2.33. The van der Waals surface area contributed by atoms with E-state index in [2.05, 4.69) is 18.8 Å². The van der Waals surface area contributed by atoms with Crippen molar-refractivity contribution in [2.45, 2.75) is 39.5 Å². The molecule has 1 aliphatic heterocycles. The monoisotopic (exact) mass is 295 g/mol. The second kappa shape index (κ2) is 6.00. The van der Waals surface area contributed by atoms with Gasteiger partial charge in [-0.3, -0.25) is 4.79 Å². The highest BCUT2D eigenvalue weighted by atomic mass is 35.5. The largest absolute Gasteiger partial charge is 0.397 e. The van der Waals surface area contributed by atoms with Gasteiger partial charge in [0.2, 0.25) is 0 Å². The molecule has 0 bridgehead atoms. The van der Waals surface area contributed by atoms with Crippen molar-refractivity contribution in [1.29, 1.82) is 0 Å². The molecule has 0 aliphatic carbocycles. The molecule has 20 heavy (non-hydrogen) atoms. The van der Waals surface area contributed by atoms with Crippen molar-refractivity contribution in [3.05, 3.63) is 23.0 Å². The third kappa shape index (κ3) is 2.90. The zero-order valence-electron chi connectivity index (χ0n) is 12.2. The Morgan fingerprint density at radius 3 is 2.55 bits per heavy atom. The Kier molecular flexibility index (Phi) is 4.53. The maximum atomic E-state index is 12.5. The quantitative estimate of drug-likeness (QED) is 0.870. The Morgan fingerprint density at radius 1 is 1.40 bits per heavy atom. The summed E-state index contributed by atoms with van der Waals surface area (Å²) in [5, 5.41) is 0.302. The van der Waals surface area contributed by atoms with Crippen LogP contribution in [0.1, 0.15) is 49.9 Å². The van der Waals surface area contributed by atoms with E-state index in [-0.39, 0.29) is 5.91 Å². The summed E-state index contributed by atoms with van der Waals surface area (Å²) in [6, 6.07) is 1.56. The highest BCUT2D eigenvalue weighted by Crippen LogP contribution is 2.38. The topological polar surface area (TPSA) is 59.2 Å². The standard InChI is InChI=1S/C15H22ClN3O/c1-3-15(4-2)5-7-19(8-6-15)14(20)11-9-13(16)18-10-12(11)17/h9-10H,3-8,17H2,1-2H3. The fourth-order valence-electron chi connectivity index (χ4n) is 2.94. The number of nitrogens with zero attached hydrogens (tertiary/aromatic N) is 2. The molecule has 0 radical (unpaired) electrons. The van der Waals surface area contributed by atoms with E-state index in [1.54, 1.807) is 6.07 Å². The summed E-state index contributed by atoms with van der Waals surface area (Å²) in [4.78, 5) is 18.3. The van der Waals surface area contributed by atoms with E-state index in [9.17, 15) is 4.79 Å². The van der Waals surface area contributed by atoms with E-state index >= 15 is 0 Å². The number of nitrogen functional groups attached to an aromatic ring is 1. The first-order chi connectivity index (χ1) is 9.51. The summed E-state index contributed by atoms with van der Waals surface area (Å²) in [7, 11) is 0. The van der Waals surface area contributed by atoms with Gasteiger partial charge >= 0.3 is 0 Å². The number of halogens is 1. The summed E-state index contributed by atoms with van der Waals surface area (Å²) in [6.07, 6.45) is 5.92. The summed E-state index contributed by atoms with van der Waals surface area (Å²) in [5.41, 5.74) is 7.09. The van der Waals surface area contributed by atoms with Crippen LogP contribution < -0.4 is 5.73 Å². The lowest BCUT2D eigenvalue weighted by Gasteiger charge is -2.41. The minimum Gasteiger partial charge on any atom is -0.397 e. The molecule has 0 aromatic carbocycles. The lowest BCUT2D eigenvalue weighted by molar-refractivity contribution is 0.0558. The second-order valence-corrected chi connectivity index (χ2v) is 5.98. The fraction of sp³-hybridized carbons (Fsp3) is 0.600. The van der Waals surface area contributed by atoms with Gasteiger partial charge in [-0.25, -0.2) is 4.98 Å². The van der Waals surface area contributed by atoms with Crippen molar-refractivity contribution < 1.29 is 4.79 Å². The number of anilines is 1. The van der Waals surface area contributed by atoms with E-state index in [0.717, 1.165) is 25.9 Å². The number of aromatic nitrogens is 1. The van der Waals surface area contributed by atoms with Gasteiger partial charge in [-0.2, -0.15) is 0 Å². The molecule has 0 saturated carbocycles. The van der Waals surface area contributed by atoms with Crippen molar-refractivity contribution in [2.24, 2.45) is 5.41 Å². The van der Waals surface area contributed by atoms with Gasteiger partial charge in [0.15, 0.2) is 0 Å². The van der Waals surface area contributed by atoms with E-state index in [4.69, 9.17) is 17.3 Å². The molecule has 1 aliphatic rings. The van der Waals surface area contributed by atoms with Crippen LogP contribution in [0.25, 0.3) is 0 Å². The molecule has 1 fully saturated rings. The van der Waals surface area contributed by atoms with Crippen molar-refractivity contribution in [1.82, 2.24) is 9.88 Å². The van der Waals surface area contributed by atoms with E-state index < -0.39 is 0 Å². The van der Waals surface area contributed by atoms with Crippen LogP contribution >= 0.6 is 11.6 Å². The number of nitrogens with two attached hydrogens (primary N) is 1. The number of piperidine rings is 1. The predicted molar refractivity (Wildman–Crippen MR) is 81.8 cm³/mol. The normalized spacial score (nSPS) is 18.1. The number of hydrogen-bond donors (Lipinski definition) is 1. The predicted octanol–water partition coefficient (Wildman–Crippen LogP) is 3.36. The Labute approximate surface area is 125 Å². The number of carbonyl (C=O) groups is 1. The molecular weight excluding hydrogens is 274 g/mol. The van der Waals surface area contributed by atoms with Crippen molar-refractivity contribution >= 4 is 23.2 Å². The molecule has 110 valence electrons. The molecule has 0 atom stereocenters. The van der Waals surface area contributed by atoms with E-state index in [1.165, 1.54) is 19.0 Å². The third-order valence-electron chi connectivity index (χ3n) is 4.74. The number of pyridine rings is 1. The third-order valence-corrected chi connectivity index (χ3v) is 4.95. The zero-order chi connectivity index (χ0) is 14.8. The first-order valence-electron chi connectivity index (χ1n) is 7.21. The number of likely N-dealkylation sites (tertiary alicyclic amines) is 1. The molecular formula is C15H22ClN3O. The fourth-order valence-corrected chi connectivity index (χ4v) is 3.10. The van der Waals surface area contributed by atoms with Gasteiger partial charge in [-0.15, -0.1) is 0 Å². The highest BCUT2D eigenvalue weighted by molar-refractivity contribution is 6.29.